The molecule has 31 heavy (non-hydrogen) atoms. The Morgan fingerprint density at radius 3 is 2.58 bits per heavy atom. The van der Waals surface area contributed by atoms with Crippen molar-refractivity contribution < 1.29 is 14.3 Å². The number of aryl methyl sites for hydroxylation is 1. The molecule has 160 valence electrons. The maximum atomic E-state index is 13.6. The molecule has 1 heterocycles. The van der Waals surface area contributed by atoms with Crippen molar-refractivity contribution in [3.8, 4) is 5.75 Å². The third kappa shape index (κ3) is 4.05. The van der Waals surface area contributed by atoms with Crippen LogP contribution in [0, 0.1) is 12.8 Å². The molecule has 0 saturated heterocycles. The summed E-state index contributed by atoms with van der Waals surface area (Å²) >= 11 is 0. The van der Waals surface area contributed by atoms with Crippen molar-refractivity contribution in [1.82, 2.24) is 0 Å². The standard InChI is InChI=1S/C26H28N2O3/c1-4-31-22-15-8-6-11-18(22)24-23(26(30)28-19-12-7-5-10-16(19)2)17(3)27-20-13-9-14-21(29)25(20)24/h5-8,10-12,15,24-25H,4,9,13-14H2,1-3H3,(H,28,30)/t24-,25?/m1/s1. The van der Waals surface area contributed by atoms with Crippen LogP contribution in [-0.2, 0) is 9.59 Å². The van der Waals surface area contributed by atoms with Crippen LogP contribution in [0.4, 0.5) is 5.69 Å². The summed E-state index contributed by atoms with van der Waals surface area (Å²) in [5, 5.41) is 3.05. The number of nitrogens with one attached hydrogen (secondary N) is 1. The molecule has 0 bridgehead atoms. The van der Waals surface area contributed by atoms with Gasteiger partial charge in [-0.1, -0.05) is 36.4 Å². The molecule has 1 amide bonds. The molecule has 5 nitrogen and oxygen atoms in total. The number of fused-ring (bicyclic) bond motifs is 1. The average molecular weight is 417 g/mol. The molecule has 1 N–H and O–H groups in total. The number of hydrogen-bond donors (Lipinski definition) is 1. The highest BCUT2D eigenvalue weighted by Crippen LogP contribution is 2.45. The van der Waals surface area contributed by atoms with E-state index in [4.69, 9.17) is 9.73 Å². The van der Waals surface area contributed by atoms with Gasteiger partial charge in [0.15, 0.2) is 0 Å². The Morgan fingerprint density at radius 2 is 1.81 bits per heavy atom. The van der Waals surface area contributed by atoms with E-state index < -0.39 is 11.8 Å². The van der Waals surface area contributed by atoms with E-state index >= 15 is 0 Å². The third-order valence-corrected chi connectivity index (χ3v) is 6.10. The lowest BCUT2D eigenvalue weighted by Crippen LogP contribution is -2.40. The highest BCUT2D eigenvalue weighted by Gasteiger charge is 2.44. The molecule has 1 aliphatic heterocycles. The molecule has 2 aliphatic rings. The molecule has 2 aromatic rings. The zero-order valence-electron chi connectivity index (χ0n) is 18.3. The summed E-state index contributed by atoms with van der Waals surface area (Å²) in [5.41, 5.74) is 4.70. The lowest BCUT2D eigenvalue weighted by atomic mass is 9.69. The molecule has 2 aromatic carbocycles. The van der Waals surface area contributed by atoms with Gasteiger partial charge in [-0.25, -0.2) is 0 Å². The second kappa shape index (κ2) is 8.88. The van der Waals surface area contributed by atoms with Gasteiger partial charge in [-0.15, -0.1) is 0 Å². The molecule has 0 radical (unpaired) electrons. The molecule has 4 rings (SSSR count). The summed E-state index contributed by atoms with van der Waals surface area (Å²) in [6.45, 7) is 6.27. The lowest BCUT2D eigenvalue weighted by Gasteiger charge is -2.36. The van der Waals surface area contributed by atoms with Gasteiger partial charge in [0.05, 0.1) is 12.5 Å². The molecule has 1 saturated carbocycles. The predicted octanol–water partition coefficient (Wildman–Crippen LogP) is 5.21. The van der Waals surface area contributed by atoms with Crippen LogP contribution in [0.2, 0.25) is 0 Å². The van der Waals surface area contributed by atoms with Gasteiger partial charge in [-0.3, -0.25) is 14.6 Å². The van der Waals surface area contributed by atoms with Crippen LogP contribution in [0.5, 0.6) is 5.75 Å². The van der Waals surface area contributed by atoms with Gasteiger partial charge < -0.3 is 10.1 Å². The number of allylic oxidation sites excluding steroid dienone is 1. The van der Waals surface area contributed by atoms with E-state index in [2.05, 4.69) is 5.32 Å². The minimum Gasteiger partial charge on any atom is -0.494 e. The van der Waals surface area contributed by atoms with E-state index in [9.17, 15) is 9.59 Å². The van der Waals surface area contributed by atoms with Gasteiger partial charge in [-0.05, 0) is 51.3 Å². The number of aliphatic imine (C=N–C) groups is 1. The van der Waals surface area contributed by atoms with E-state index in [0.717, 1.165) is 35.4 Å². The molecule has 2 atom stereocenters. The maximum absolute atomic E-state index is 13.6. The Kier molecular flexibility index (Phi) is 6.03. The Bertz CT molecular complexity index is 1080. The lowest BCUT2D eigenvalue weighted by molar-refractivity contribution is -0.122. The Labute approximate surface area is 183 Å². The Morgan fingerprint density at radius 1 is 1.06 bits per heavy atom. The van der Waals surface area contributed by atoms with Crippen molar-refractivity contribution in [1.29, 1.82) is 0 Å². The first-order valence-electron chi connectivity index (χ1n) is 10.9. The number of rotatable bonds is 5. The number of ketones is 1. The summed E-state index contributed by atoms with van der Waals surface area (Å²) in [4.78, 5) is 31.4. The van der Waals surface area contributed by atoms with E-state index in [0.29, 0.717) is 30.0 Å². The fourth-order valence-electron chi connectivity index (χ4n) is 4.68. The normalized spacial score (nSPS) is 20.7. The second-order valence-electron chi connectivity index (χ2n) is 8.12. The van der Waals surface area contributed by atoms with Crippen LogP contribution in [-0.4, -0.2) is 24.0 Å². The fraction of sp³-hybridized carbons (Fsp3) is 0.346. The number of nitrogens with zero attached hydrogens (tertiary/aromatic N) is 1. The van der Waals surface area contributed by atoms with Crippen molar-refractivity contribution >= 4 is 23.1 Å². The quantitative estimate of drug-likeness (QED) is 0.727. The summed E-state index contributed by atoms with van der Waals surface area (Å²) in [6.07, 6.45) is 2.11. The average Bonchev–Trinajstić information content (AvgIpc) is 2.75. The molecule has 5 heteroatoms. The monoisotopic (exact) mass is 416 g/mol. The molecule has 1 aliphatic carbocycles. The van der Waals surface area contributed by atoms with Crippen molar-refractivity contribution in [2.45, 2.75) is 46.0 Å². The zero-order chi connectivity index (χ0) is 22.0. The number of carbonyl (C=O) groups excluding carboxylic acids is 2. The number of carbonyl (C=O) groups is 2. The second-order valence-corrected chi connectivity index (χ2v) is 8.12. The first kappa shape index (κ1) is 21.0. The molecule has 1 fully saturated rings. The van der Waals surface area contributed by atoms with Crippen LogP contribution >= 0.6 is 0 Å². The summed E-state index contributed by atoms with van der Waals surface area (Å²) < 4.78 is 5.90. The van der Waals surface area contributed by atoms with Crippen molar-refractivity contribution in [3.05, 3.63) is 70.9 Å². The van der Waals surface area contributed by atoms with Crippen molar-refractivity contribution in [2.24, 2.45) is 10.9 Å². The Hall–Kier alpha value is -3.21. The van der Waals surface area contributed by atoms with Crippen molar-refractivity contribution in [3.63, 3.8) is 0 Å². The van der Waals surface area contributed by atoms with Gasteiger partial charge in [0, 0.05) is 40.6 Å². The molecule has 0 spiro atoms. The first-order valence-corrected chi connectivity index (χ1v) is 10.9. The highest BCUT2D eigenvalue weighted by molar-refractivity contribution is 6.14. The zero-order valence-corrected chi connectivity index (χ0v) is 18.3. The van der Waals surface area contributed by atoms with E-state index in [1.54, 1.807) is 0 Å². The van der Waals surface area contributed by atoms with Crippen LogP contribution in [0.3, 0.4) is 0 Å². The van der Waals surface area contributed by atoms with Gasteiger partial charge in [0.2, 0.25) is 0 Å². The van der Waals surface area contributed by atoms with E-state index in [1.807, 2.05) is 69.3 Å². The first-order chi connectivity index (χ1) is 15.0. The number of hydrogen-bond acceptors (Lipinski definition) is 4. The Balaban J connectivity index is 1.84. The van der Waals surface area contributed by atoms with Crippen LogP contribution in [0.1, 0.15) is 50.2 Å². The summed E-state index contributed by atoms with van der Waals surface area (Å²) in [7, 11) is 0. The van der Waals surface area contributed by atoms with Gasteiger partial charge in [0.1, 0.15) is 11.5 Å². The van der Waals surface area contributed by atoms with Crippen LogP contribution < -0.4 is 10.1 Å². The highest BCUT2D eigenvalue weighted by atomic mass is 16.5. The number of ether oxygens (including phenoxy) is 1. The molecule has 1 unspecified atom stereocenters. The van der Waals surface area contributed by atoms with Crippen LogP contribution in [0.15, 0.2) is 64.8 Å². The minimum atomic E-state index is -0.420. The smallest absolute Gasteiger partial charge is 0.254 e. The maximum Gasteiger partial charge on any atom is 0.254 e. The SMILES string of the molecule is CCOc1ccccc1[C@@H]1C(C(=O)Nc2ccccc2C)=C(C)N=C2CCCC(=O)C21. The topological polar surface area (TPSA) is 67.8 Å². The number of anilines is 1. The third-order valence-electron chi connectivity index (χ3n) is 6.10. The molecular weight excluding hydrogens is 388 g/mol. The van der Waals surface area contributed by atoms with Gasteiger partial charge >= 0.3 is 0 Å². The number of benzene rings is 2. The summed E-state index contributed by atoms with van der Waals surface area (Å²) in [6, 6.07) is 15.4. The van der Waals surface area contributed by atoms with Gasteiger partial charge in [0.25, 0.3) is 5.91 Å². The minimum absolute atomic E-state index is 0.148. The fourth-order valence-corrected chi connectivity index (χ4v) is 4.68. The number of amides is 1. The number of para-hydroxylation sites is 2. The summed E-state index contributed by atoms with van der Waals surface area (Å²) in [5.74, 6) is -0.188. The van der Waals surface area contributed by atoms with Gasteiger partial charge in [-0.2, -0.15) is 0 Å². The van der Waals surface area contributed by atoms with Crippen LogP contribution in [0.25, 0.3) is 0 Å². The number of Topliss-reactive ketones (excluding diaryl/α,β-unsaturated/α-hetero) is 1. The molecule has 0 aromatic heterocycles. The van der Waals surface area contributed by atoms with E-state index in [1.165, 1.54) is 0 Å². The molecular formula is C26H28N2O3. The van der Waals surface area contributed by atoms with Crippen molar-refractivity contribution in [2.75, 3.05) is 11.9 Å². The largest absolute Gasteiger partial charge is 0.494 e. The van der Waals surface area contributed by atoms with E-state index in [-0.39, 0.29) is 11.7 Å². The predicted molar refractivity (Wildman–Crippen MR) is 123 cm³/mol.